The maximum Gasteiger partial charge on any atom is 0.244 e. The Bertz CT molecular complexity index is 466. The number of rotatable bonds is 4. The van der Waals surface area contributed by atoms with Crippen LogP contribution < -0.4 is 15.8 Å². The number of nitrogen functional groups attached to an aromatic ring is 1. The van der Waals surface area contributed by atoms with Crippen molar-refractivity contribution in [3.63, 3.8) is 0 Å². The van der Waals surface area contributed by atoms with E-state index in [2.05, 4.69) is 5.32 Å². The number of nitrogens with one attached hydrogen (secondary N) is 1. The minimum absolute atomic E-state index is 0. The molecule has 1 aromatic rings. The molecule has 1 aromatic carbocycles. The van der Waals surface area contributed by atoms with Crippen LogP contribution in [-0.2, 0) is 9.59 Å². The van der Waals surface area contributed by atoms with Crippen LogP contribution in [0.25, 0.3) is 0 Å². The highest BCUT2D eigenvalue weighted by atomic mass is 35.5. The molecule has 0 saturated carbocycles. The van der Waals surface area contributed by atoms with E-state index in [0.717, 1.165) is 0 Å². The smallest absolute Gasteiger partial charge is 0.244 e. The van der Waals surface area contributed by atoms with Gasteiger partial charge in [0.25, 0.3) is 0 Å². The third kappa shape index (κ3) is 5.05. The summed E-state index contributed by atoms with van der Waals surface area (Å²) in [6, 6.07) is 4.97. The van der Waals surface area contributed by atoms with E-state index >= 15 is 0 Å². The molecule has 0 bridgehead atoms. The van der Waals surface area contributed by atoms with Crippen LogP contribution >= 0.6 is 12.4 Å². The zero-order valence-electron chi connectivity index (χ0n) is 11.1. The zero-order valence-corrected chi connectivity index (χ0v) is 11.9. The van der Waals surface area contributed by atoms with Crippen molar-refractivity contribution < 1.29 is 14.3 Å². The van der Waals surface area contributed by atoms with E-state index < -0.39 is 0 Å². The van der Waals surface area contributed by atoms with E-state index in [0.29, 0.717) is 17.1 Å². The highest BCUT2D eigenvalue weighted by Crippen LogP contribution is 2.24. The third-order valence-electron chi connectivity index (χ3n) is 2.45. The number of ether oxygens (including phenoxy) is 1. The normalized spacial score (nSPS) is 9.21. The molecule has 0 fully saturated rings. The lowest BCUT2D eigenvalue weighted by atomic mass is 10.2. The van der Waals surface area contributed by atoms with Gasteiger partial charge in [0.15, 0.2) is 0 Å². The molecule has 0 aromatic heterocycles. The van der Waals surface area contributed by atoms with Crippen LogP contribution in [0.2, 0.25) is 0 Å². The van der Waals surface area contributed by atoms with Gasteiger partial charge in [-0.2, -0.15) is 0 Å². The largest absolute Gasteiger partial charge is 0.497 e. The third-order valence-corrected chi connectivity index (χ3v) is 2.45. The number of methoxy groups -OCH3 is 1. The van der Waals surface area contributed by atoms with Gasteiger partial charge in [-0.3, -0.25) is 9.59 Å². The van der Waals surface area contributed by atoms with Crippen molar-refractivity contribution in [2.75, 3.05) is 31.8 Å². The fraction of sp³-hybridized carbons (Fsp3) is 0.333. The number of halogens is 1. The summed E-state index contributed by atoms with van der Waals surface area (Å²) in [5.74, 6) is 0.107. The van der Waals surface area contributed by atoms with Gasteiger partial charge >= 0.3 is 0 Å². The molecule has 6 nitrogen and oxygen atoms in total. The van der Waals surface area contributed by atoms with Crippen LogP contribution in [0, 0.1) is 0 Å². The molecule has 0 heterocycles. The lowest BCUT2D eigenvalue weighted by molar-refractivity contribution is -0.131. The van der Waals surface area contributed by atoms with Crippen LogP contribution in [0.15, 0.2) is 18.2 Å². The van der Waals surface area contributed by atoms with Gasteiger partial charge in [0.2, 0.25) is 11.8 Å². The van der Waals surface area contributed by atoms with Crippen LogP contribution in [0.3, 0.4) is 0 Å². The molecular weight excluding hydrogens is 270 g/mol. The lowest BCUT2D eigenvalue weighted by Gasteiger charge is -2.15. The number of benzene rings is 1. The van der Waals surface area contributed by atoms with Crippen molar-refractivity contribution in [2.45, 2.75) is 6.92 Å². The second kappa shape index (κ2) is 7.48. The van der Waals surface area contributed by atoms with Crippen molar-refractivity contribution in [1.82, 2.24) is 4.90 Å². The first-order valence-corrected chi connectivity index (χ1v) is 5.39. The van der Waals surface area contributed by atoms with Crippen LogP contribution in [0.1, 0.15) is 6.92 Å². The number of carbonyl (C=O) groups is 2. The molecule has 3 N–H and O–H groups in total. The quantitative estimate of drug-likeness (QED) is 0.813. The van der Waals surface area contributed by atoms with Gasteiger partial charge in [0.05, 0.1) is 25.0 Å². The van der Waals surface area contributed by atoms with E-state index in [1.165, 1.54) is 18.9 Å². The van der Waals surface area contributed by atoms with Gasteiger partial charge in [0.1, 0.15) is 5.75 Å². The van der Waals surface area contributed by atoms with E-state index in [1.807, 2.05) is 0 Å². The topological polar surface area (TPSA) is 84.7 Å². The maximum absolute atomic E-state index is 11.7. The van der Waals surface area contributed by atoms with E-state index in [4.69, 9.17) is 10.5 Å². The molecule has 19 heavy (non-hydrogen) atoms. The second-order valence-corrected chi connectivity index (χ2v) is 3.88. The molecule has 2 amide bonds. The van der Waals surface area contributed by atoms with Gasteiger partial charge in [-0.1, -0.05) is 0 Å². The summed E-state index contributed by atoms with van der Waals surface area (Å²) in [5.41, 5.74) is 6.64. The molecule has 0 spiro atoms. The number of likely N-dealkylation sites (N-methyl/N-ethyl adjacent to an activating group) is 1. The average Bonchev–Trinajstić information content (AvgIpc) is 2.31. The summed E-state index contributed by atoms with van der Waals surface area (Å²) >= 11 is 0. The first-order valence-electron chi connectivity index (χ1n) is 5.39. The lowest BCUT2D eigenvalue weighted by Crippen LogP contribution is -2.33. The number of amides is 2. The molecule has 7 heteroatoms. The van der Waals surface area contributed by atoms with Crippen molar-refractivity contribution in [3.8, 4) is 5.75 Å². The predicted molar refractivity (Wildman–Crippen MR) is 76.6 cm³/mol. The summed E-state index contributed by atoms with van der Waals surface area (Å²) in [6.07, 6.45) is 0. The Labute approximate surface area is 118 Å². The molecular formula is C12H18ClN3O3. The Morgan fingerprint density at radius 3 is 2.58 bits per heavy atom. The van der Waals surface area contributed by atoms with E-state index in [-0.39, 0.29) is 30.8 Å². The van der Waals surface area contributed by atoms with E-state index in [1.54, 1.807) is 25.2 Å². The first kappa shape index (κ1) is 17.1. The molecule has 0 unspecified atom stereocenters. The molecule has 0 aliphatic carbocycles. The Morgan fingerprint density at radius 1 is 1.42 bits per heavy atom. The maximum atomic E-state index is 11.7. The van der Waals surface area contributed by atoms with Crippen LogP contribution in [0.5, 0.6) is 5.75 Å². The summed E-state index contributed by atoms with van der Waals surface area (Å²) < 4.78 is 5.04. The fourth-order valence-electron chi connectivity index (χ4n) is 1.29. The molecule has 0 radical (unpaired) electrons. The van der Waals surface area contributed by atoms with Gasteiger partial charge in [0, 0.05) is 20.0 Å². The SMILES string of the molecule is COc1ccc(N)c(NC(=O)CN(C)C(C)=O)c1.Cl. The molecule has 0 aliphatic heterocycles. The predicted octanol–water partition coefficient (Wildman–Crippen LogP) is 1.12. The summed E-state index contributed by atoms with van der Waals surface area (Å²) in [5, 5.41) is 2.63. The summed E-state index contributed by atoms with van der Waals surface area (Å²) in [7, 11) is 3.08. The monoisotopic (exact) mass is 287 g/mol. The van der Waals surface area contributed by atoms with Gasteiger partial charge in [-0.25, -0.2) is 0 Å². The van der Waals surface area contributed by atoms with Crippen LogP contribution in [0.4, 0.5) is 11.4 Å². The number of hydrogen-bond donors (Lipinski definition) is 2. The minimum Gasteiger partial charge on any atom is -0.497 e. The average molecular weight is 288 g/mol. The van der Waals surface area contributed by atoms with Crippen LogP contribution in [-0.4, -0.2) is 37.4 Å². The van der Waals surface area contributed by atoms with Gasteiger partial charge in [-0.05, 0) is 12.1 Å². The highest BCUT2D eigenvalue weighted by molar-refractivity contribution is 5.96. The van der Waals surface area contributed by atoms with Crippen molar-refractivity contribution in [3.05, 3.63) is 18.2 Å². The summed E-state index contributed by atoms with van der Waals surface area (Å²) in [6.45, 7) is 1.37. The Hall–Kier alpha value is -1.95. The van der Waals surface area contributed by atoms with Gasteiger partial charge < -0.3 is 20.7 Å². The highest BCUT2D eigenvalue weighted by Gasteiger charge is 2.10. The Kier molecular flexibility index (Phi) is 6.71. The zero-order chi connectivity index (χ0) is 13.7. The Balaban J connectivity index is 0.00000324. The molecule has 106 valence electrons. The van der Waals surface area contributed by atoms with Crippen molar-refractivity contribution >= 4 is 35.6 Å². The van der Waals surface area contributed by atoms with Crippen molar-refractivity contribution in [1.29, 1.82) is 0 Å². The van der Waals surface area contributed by atoms with Crippen molar-refractivity contribution in [2.24, 2.45) is 0 Å². The second-order valence-electron chi connectivity index (χ2n) is 3.88. The number of nitrogens with zero attached hydrogens (tertiary/aromatic N) is 1. The standard InChI is InChI=1S/C12H17N3O3.ClH/c1-8(16)15(2)7-12(17)14-11-6-9(18-3)4-5-10(11)13;/h4-6H,7,13H2,1-3H3,(H,14,17);1H. The number of nitrogens with two attached hydrogens (primary N) is 1. The Morgan fingerprint density at radius 2 is 2.05 bits per heavy atom. The number of hydrogen-bond acceptors (Lipinski definition) is 4. The fourth-order valence-corrected chi connectivity index (χ4v) is 1.29. The number of anilines is 2. The van der Waals surface area contributed by atoms with E-state index in [9.17, 15) is 9.59 Å². The molecule has 0 aliphatic rings. The molecule has 0 saturated heterocycles. The minimum atomic E-state index is -0.312. The van der Waals surface area contributed by atoms with Gasteiger partial charge in [-0.15, -0.1) is 12.4 Å². The molecule has 1 rings (SSSR count). The number of carbonyl (C=O) groups excluding carboxylic acids is 2. The summed E-state index contributed by atoms with van der Waals surface area (Å²) in [4.78, 5) is 24.0. The molecule has 0 atom stereocenters. The first-order chi connectivity index (χ1) is 8.43.